The number of thiophene rings is 1. The van der Waals surface area contributed by atoms with Gasteiger partial charge in [-0.15, -0.1) is 17.9 Å². The standard InChI is InChI=1S/C19H19N3O3S2/c1-3-8-22-18(24)15-7-9-26-17(15)21-19(22)27-12-16(23)20-11-13-5-4-6-14(10-13)25-2/h3-7,9-10H,1,8,11-12H2,2H3,(H,20,23). The number of carbonyl (C=O) groups is 1. The third-order valence-electron chi connectivity index (χ3n) is 3.82. The SMILES string of the molecule is C=CCn1c(SCC(=O)NCc2cccc(OC)c2)nc2sccc2c1=O. The van der Waals surface area contributed by atoms with Crippen LogP contribution in [0.5, 0.6) is 5.75 Å². The molecule has 0 radical (unpaired) electrons. The third kappa shape index (κ3) is 4.58. The number of aromatic nitrogens is 2. The van der Waals surface area contributed by atoms with E-state index in [1.807, 2.05) is 29.6 Å². The number of ether oxygens (including phenoxy) is 1. The van der Waals surface area contributed by atoms with Crippen LogP contribution in [0.4, 0.5) is 0 Å². The smallest absolute Gasteiger partial charge is 0.263 e. The normalized spacial score (nSPS) is 10.7. The van der Waals surface area contributed by atoms with Crippen LogP contribution < -0.4 is 15.6 Å². The second-order valence-electron chi connectivity index (χ2n) is 5.66. The van der Waals surface area contributed by atoms with E-state index in [4.69, 9.17) is 4.74 Å². The van der Waals surface area contributed by atoms with Crippen molar-refractivity contribution in [3.05, 3.63) is 64.3 Å². The average molecular weight is 402 g/mol. The van der Waals surface area contributed by atoms with Crippen molar-refractivity contribution in [2.24, 2.45) is 0 Å². The van der Waals surface area contributed by atoms with E-state index in [1.54, 1.807) is 23.8 Å². The number of nitrogens with one attached hydrogen (secondary N) is 1. The van der Waals surface area contributed by atoms with Crippen LogP contribution in [0, 0.1) is 0 Å². The molecule has 6 nitrogen and oxygen atoms in total. The summed E-state index contributed by atoms with van der Waals surface area (Å²) >= 11 is 2.66. The molecule has 0 aliphatic rings. The highest BCUT2D eigenvalue weighted by molar-refractivity contribution is 7.99. The first-order valence-corrected chi connectivity index (χ1v) is 10.1. The number of methoxy groups -OCH3 is 1. The lowest BCUT2D eigenvalue weighted by atomic mass is 10.2. The minimum Gasteiger partial charge on any atom is -0.497 e. The second kappa shape index (κ2) is 8.88. The fourth-order valence-electron chi connectivity index (χ4n) is 2.49. The van der Waals surface area contributed by atoms with Crippen molar-refractivity contribution in [1.82, 2.24) is 14.9 Å². The van der Waals surface area contributed by atoms with Gasteiger partial charge in [-0.05, 0) is 29.1 Å². The number of carbonyl (C=O) groups excluding carboxylic acids is 1. The zero-order valence-electron chi connectivity index (χ0n) is 14.8. The molecule has 1 aromatic carbocycles. The van der Waals surface area contributed by atoms with Gasteiger partial charge in [0.05, 0.1) is 18.2 Å². The summed E-state index contributed by atoms with van der Waals surface area (Å²) in [7, 11) is 1.61. The number of benzene rings is 1. The molecule has 0 atom stereocenters. The Labute approximate surface area is 164 Å². The van der Waals surface area contributed by atoms with E-state index in [-0.39, 0.29) is 17.2 Å². The fourth-order valence-corrected chi connectivity index (χ4v) is 4.14. The molecule has 27 heavy (non-hydrogen) atoms. The molecule has 2 heterocycles. The lowest BCUT2D eigenvalue weighted by Crippen LogP contribution is -2.26. The van der Waals surface area contributed by atoms with Gasteiger partial charge in [0.25, 0.3) is 5.56 Å². The number of hydrogen-bond acceptors (Lipinski definition) is 6. The van der Waals surface area contributed by atoms with Crippen LogP contribution in [0.1, 0.15) is 5.56 Å². The van der Waals surface area contributed by atoms with Crippen molar-refractivity contribution in [2.45, 2.75) is 18.2 Å². The molecule has 1 amide bonds. The van der Waals surface area contributed by atoms with Crippen LogP contribution in [-0.2, 0) is 17.9 Å². The van der Waals surface area contributed by atoms with Crippen LogP contribution in [-0.4, -0.2) is 28.3 Å². The molecule has 2 aromatic heterocycles. The van der Waals surface area contributed by atoms with Gasteiger partial charge in [0.1, 0.15) is 10.6 Å². The van der Waals surface area contributed by atoms with Gasteiger partial charge in [-0.1, -0.05) is 30.0 Å². The van der Waals surface area contributed by atoms with Crippen LogP contribution in [0.15, 0.2) is 58.3 Å². The lowest BCUT2D eigenvalue weighted by molar-refractivity contribution is -0.118. The summed E-state index contributed by atoms with van der Waals surface area (Å²) in [5.74, 6) is 0.788. The van der Waals surface area contributed by atoms with Crippen molar-refractivity contribution in [1.29, 1.82) is 0 Å². The largest absolute Gasteiger partial charge is 0.497 e. The van der Waals surface area contributed by atoms with Crippen molar-refractivity contribution in [3.63, 3.8) is 0 Å². The molecular formula is C19H19N3O3S2. The Kier molecular flexibility index (Phi) is 6.31. The Hall–Kier alpha value is -2.58. The molecule has 140 valence electrons. The zero-order chi connectivity index (χ0) is 19.2. The highest BCUT2D eigenvalue weighted by Crippen LogP contribution is 2.21. The molecule has 0 aliphatic carbocycles. The summed E-state index contributed by atoms with van der Waals surface area (Å²) in [6, 6.07) is 9.30. The molecule has 1 N–H and O–H groups in total. The first kappa shape index (κ1) is 19.2. The summed E-state index contributed by atoms with van der Waals surface area (Å²) in [6.45, 7) is 4.46. The maximum atomic E-state index is 12.6. The molecule has 3 rings (SSSR count). The second-order valence-corrected chi connectivity index (χ2v) is 7.49. The summed E-state index contributed by atoms with van der Waals surface area (Å²) < 4.78 is 6.72. The van der Waals surface area contributed by atoms with Gasteiger partial charge >= 0.3 is 0 Å². The predicted molar refractivity (Wildman–Crippen MR) is 110 cm³/mol. The molecular weight excluding hydrogens is 382 g/mol. The van der Waals surface area contributed by atoms with Crippen LogP contribution >= 0.6 is 23.1 Å². The van der Waals surface area contributed by atoms with Crippen LogP contribution in [0.2, 0.25) is 0 Å². The maximum absolute atomic E-state index is 12.6. The molecule has 0 aliphatic heterocycles. The Bertz CT molecular complexity index is 1030. The first-order chi connectivity index (χ1) is 13.1. The molecule has 8 heteroatoms. The van der Waals surface area contributed by atoms with Crippen molar-refractivity contribution < 1.29 is 9.53 Å². The number of fused-ring (bicyclic) bond motifs is 1. The van der Waals surface area contributed by atoms with Crippen molar-refractivity contribution in [3.8, 4) is 5.75 Å². The van der Waals surface area contributed by atoms with Gasteiger partial charge in [-0.2, -0.15) is 0 Å². The van der Waals surface area contributed by atoms with Gasteiger partial charge in [0, 0.05) is 13.1 Å². The molecule has 3 aromatic rings. The van der Waals surface area contributed by atoms with E-state index in [1.165, 1.54) is 23.1 Å². The quantitative estimate of drug-likeness (QED) is 0.357. The number of allylic oxidation sites excluding steroid dienone is 1. The molecule has 0 bridgehead atoms. The van der Waals surface area contributed by atoms with Crippen molar-refractivity contribution in [2.75, 3.05) is 12.9 Å². The molecule has 0 unspecified atom stereocenters. The third-order valence-corrected chi connectivity index (χ3v) is 5.60. The van der Waals surface area contributed by atoms with E-state index in [9.17, 15) is 9.59 Å². The minimum absolute atomic E-state index is 0.111. The molecule has 0 spiro atoms. The van der Waals surface area contributed by atoms with Crippen LogP contribution in [0.3, 0.4) is 0 Å². The predicted octanol–water partition coefficient (Wildman–Crippen LogP) is 3.06. The van der Waals surface area contributed by atoms with Gasteiger partial charge in [-0.3, -0.25) is 14.2 Å². The van der Waals surface area contributed by atoms with E-state index in [0.29, 0.717) is 28.5 Å². The van der Waals surface area contributed by atoms with E-state index in [2.05, 4.69) is 16.9 Å². The zero-order valence-corrected chi connectivity index (χ0v) is 16.4. The Balaban J connectivity index is 1.66. The Morgan fingerprint density at radius 1 is 1.44 bits per heavy atom. The van der Waals surface area contributed by atoms with Gasteiger partial charge < -0.3 is 10.1 Å². The fraction of sp³-hybridized carbons (Fsp3) is 0.211. The molecule has 0 saturated heterocycles. The Morgan fingerprint density at radius 2 is 2.30 bits per heavy atom. The minimum atomic E-state index is -0.131. The summed E-state index contributed by atoms with van der Waals surface area (Å²) in [5.41, 5.74) is 0.842. The summed E-state index contributed by atoms with van der Waals surface area (Å²) in [6.07, 6.45) is 1.65. The maximum Gasteiger partial charge on any atom is 0.263 e. The van der Waals surface area contributed by atoms with Crippen LogP contribution in [0.25, 0.3) is 10.2 Å². The number of hydrogen-bond donors (Lipinski definition) is 1. The highest BCUT2D eigenvalue weighted by atomic mass is 32.2. The van der Waals surface area contributed by atoms with Gasteiger partial charge in [-0.25, -0.2) is 4.98 Å². The molecule has 0 saturated carbocycles. The summed E-state index contributed by atoms with van der Waals surface area (Å²) in [5, 5.41) is 5.82. The average Bonchev–Trinajstić information content (AvgIpc) is 3.16. The molecule has 0 fully saturated rings. The highest BCUT2D eigenvalue weighted by Gasteiger charge is 2.13. The Morgan fingerprint density at radius 3 is 3.07 bits per heavy atom. The number of amides is 1. The summed E-state index contributed by atoms with van der Waals surface area (Å²) in [4.78, 5) is 30.0. The number of nitrogens with zero attached hydrogens (tertiary/aromatic N) is 2. The van der Waals surface area contributed by atoms with E-state index in [0.717, 1.165) is 11.3 Å². The van der Waals surface area contributed by atoms with E-state index < -0.39 is 0 Å². The number of rotatable bonds is 8. The van der Waals surface area contributed by atoms with Crippen molar-refractivity contribution >= 4 is 39.2 Å². The van der Waals surface area contributed by atoms with E-state index >= 15 is 0 Å². The van der Waals surface area contributed by atoms with Gasteiger partial charge in [0.2, 0.25) is 5.91 Å². The number of thioether (sulfide) groups is 1. The first-order valence-electron chi connectivity index (χ1n) is 8.23. The topological polar surface area (TPSA) is 73.2 Å². The lowest BCUT2D eigenvalue weighted by Gasteiger charge is -2.10. The van der Waals surface area contributed by atoms with Gasteiger partial charge in [0.15, 0.2) is 5.16 Å². The monoisotopic (exact) mass is 401 g/mol.